The Morgan fingerprint density at radius 1 is 1.09 bits per heavy atom. The Balaban J connectivity index is 1.88. The Morgan fingerprint density at radius 2 is 1.78 bits per heavy atom. The fourth-order valence-electron chi connectivity index (χ4n) is 4.30. The summed E-state index contributed by atoms with van der Waals surface area (Å²) in [5.41, 5.74) is 3.73. The molecule has 0 aliphatic carbocycles. The van der Waals surface area contributed by atoms with Crippen molar-refractivity contribution in [3.63, 3.8) is 0 Å². The van der Waals surface area contributed by atoms with Gasteiger partial charge >= 0.3 is 0 Å². The Morgan fingerprint density at radius 3 is 2.41 bits per heavy atom. The van der Waals surface area contributed by atoms with Gasteiger partial charge in [-0.3, -0.25) is 4.79 Å². The van der Waals surface area contributed by atoms with Crippen LogP contribution in [-0.2, 0) is 12.8 Å². The molecule has 0 bridgehead atoms. The molecule has 4 rings (SSSR count). The minimum absolute atomic E-state index is 0.169. The summed E-state index contributed by atoms with van der Waals surface area (Å²) in [6, 6.07) is 15.2. The van der Waals surface area contributed by atoms with E-state index >= 15 is 4.39 Å². The van der Waals surface area contributed by atoms with Crippen LogP contribution in [0.3, 0.4) is 0 Å². The van der Waals surface area contributed by atoms with Crippen LogP contribution in [0.15, 0.2) is 54.6 Å². The van der Waals surface area contributed by atoms with Gasteiger partial charge in [0, 0.05) is 22.7 Å². The SMILES string of the molecule is CCc1ccc(C(=O)N2CCc3cc(OC)c(OC)cc3[C@H]2c2c(F)cccc2Cl)cc1. The van der Waals surface area contributed by atoms with Gasteiger partial charge in [-0.25, -0.2) is 4.39 Å². The minimum Gasteiger partial charge on any atom is -0.493 e. The molecular weight excluding hydrogens is 429 g/mol. The molecule has 0 fully saturated rings. The summed E-state index contributed by atoms with van der Waals surface area (Å²) < 4.78 is 26.1. The van der Waals surface area contributed by atoms with Crippen molar-refractivity contribution >= 4 is 17.5 Å². The standard InChI is InChI=1S/C26H25ClFNO3/c1-4-16-8-10-17(11-9-16)26(30)29-13-12-18-14-22(31-2)23(32-3)15-19(18)25(29)24-20(27)6-5-7-21(24)28/h5-11,14-15,25H,4,12-13H2,1-3H3/t25-/m0/s1. The fraction of sp³-hybridized carbons (Fsp3) is 0.269. The average Bonchev–Trinajstić information content (AvgIpc) is 2.82. The van der Waals surface area contributed by atoms with Crippen LogP contribution in [0.25, 0.3) is 0 Å². The third kappa shape index (κ3) is 3.93. The van der Waals surface area contributed by atoms with Crippen molar-refractivity contribution in [2.45, 2.75) is 25.8 Å². The normalized spacial score (nSPS) is 15.3. The maximum atomic E-state index is 15.1. The Bertz CT molecular complexity index is 1130. The molecule has 166 valence electrons. The van der Waals surface area contributed by atoms with Gasteiger partial charge in [0.2, 0.25) is 0 Å². The van der Waals surface area contributed by atoms with Crippen LogP contribution in [0.2, 0.25) is 5.02 Å². The number of benzene rings is 3. The third-order valence-electron chi connectivity index (χ3n) is 6.02. The number of carbonyl (C=O) groups excluding carboxylic acids is 1. The van der Waals surface area contributed by atoms with Crippen LogP contribution in [-0.4, -0.2) is 31.6 Å². The van der Waals surface area contributed by atoms with Crippen LogP contribution < -0.4 is 9.47 Å². The number of ether oxygens (including phenoxy) is 2. The predicted octanol–water partition coefficient (Wildman–Crippen LogP) is 5.85. The molecule has 0 spiro atoms. The van der Waals surface area contributed by atoms with E-state index in [-0.39, 0.29) is 16.5 Å². The molecule has 1 aliphatic rings. The van der Waals surface area contributed by atoms with Gasteiger partial charge < -0.3 is 14.4 Å². The molecule has 3 aromatic carbocycles. The quantitative estimate of drug-likeness (QED) is 0.486. The average molecular weight is 454 g/mol. The van der Waals surface area contributed by atoms with Gasteiger partial charge in [-0.2, -0.15) is 0 Å². The third-order valence-corrected chi connectivity index (χ3v) is 6.35. The van der Waals surface area contributed by atoms with Gasteiger partial charge in [0.05, 0.1) is 20.3 Å². The summed E-state index contributed by atoms with van der Waals surface area (Å²) in [5, 5.41) is 0.275. The lowest BCUT2D eigenvalue weighted by Gasteiger charge is -2.38. The van der Waals surface area contributed by atoms with E-state index in [1.54, 1.807) is 31.3 Å². The summed E-state index contributed by atoms with van der Waals surface area (Å²) >= 11 is 6.48. The Hall–Kier alpha value is -3.05. The first kappa shape index (κ1) is 22.2. The van der Waals surface area contributed by atoms with Crippen LogP contribution in [0.5, 0.6) is 11.5 Å². The maximum absolute atomic E-state index is 15.1. The number of nitrogens with zero attached hydrogens (tertiary/aromatic N) is 1. The molecule has 6 heteroatoms. The van der Waals surface area contributed by atoms with E-state index in [9.17, 15) is 4.79 Å². The number of aryl methyl sites for hydroxylation is 1. The van der Waals surface area contributed by atoms with E-state index in [1.165, 1.54) is 6.07 Å². The monoisotopic (exact) mass is 453 g/mol. The van der Waals surface area contributed by atoms with E-state index in [0.29, 0.717) is 30.0 Å². The summed E-state index contributed by atoms with van der Waals surface area (Å²) in [7, 11) is 3.13. The number of methoxy groups -OCH3 is 2. The second kappa shape index (κ2) is 9.21. The Kier molecular flexibility index (Phi) is 6.38. The number of rotatable bonds is 5. The maximum Gasteiger partial charge on any atom is 0.254 e. The lowest BCUT2D eigenvalue weighted by Crippen LogP contribution is -2.41. The molecular formula is C26H25ClFNO3. The zero-order valence-corrected chi connectivity index (χ0v) is 19.1. The number of fused-ring (bicyclic) bond motifs is 1. The van der Waals surface area contributed by atoms with E-state index in [1.807, 2.05) is 36.4 Å². The lowest BCUT2D eigenvalue weighted by molar-refractivity contribution is 0.0691. The van der Waals surface area contributed by atoms with Crippen molar-refractivity contribution in [1.82, 2.24) is 4.90 Å². The summed E-state index contributed by atoms with van der Waals surface area (Å²) in [4.78, 5) is 15.3. The van der Waals surface area contributed by atoms with Gasteiger partial charge in [0.15, 0.2) is 11.5 Å². The number of halogens is 2. The lowest BCUT2D eigenvalue weighted by atomic mass is 9.86. The van der Waals surface area contributed by atoms with E-state index in [0.717, 1.165) is 23.1 Å². The zero-order valence-electron chi connectivity index (χ0n) is 18.3. The first-order valence-corrected chi connectivity index (χ1v) is 10.9. The highest BCUT2D eigenvalue weighted by atomic mass is 35.5. The smallest absolute Gasteiger partial charge is 0.254 e. The van der Waals surface area contributed by atoms with Crippen LogP contribution >= 0.6 is 11.6 Å². The summed E-state index contributed by atoms with van der Waals surface area (Å²) in [5.74, 6) is 0.492. The topological polar surface area (TPSA) is 38.8 Å². The molecule has 0 saturated carbocycles. The van der Waals surface area contributed by atoms with Crippen LogP contribution in [0.4, 0.5) is 4.39 Å². The second-order valence-corrected chi connectivity index (χ2v) is 8.15. The molecule has 0 N–H and O–H groups in total. The molecule has 3 aromatic rings. The van der Waals surface area contributed by atoms with E-state index in [2.05, 4.69) is 6.92 Å². The number of carbonyl (C=O) groups is 1. The van der Waals surface area contributed by atoms with Crippen molar-refractivity contribution in [3.05, 3.63) is 93.3 Å². The zero-order chi connectivity index (χ0) is 22.8. The molecule has 0 unspecified atom stereocenters. The predicted molar refractivity (Wildman–Crippen MR) is 123 cm³/mol. The van der Waals surface area contributed by atoms with Crippen molar-refractivity contribution < 1.29 is 18.7 Å². The highest BCUT2D eigenvalue weighted by Crippen LogP contribution is 2.44. The van der Waals surface area contributed by atoms with Crippen molar-refractivity contribution in [1.29, 1.82) is 0 Å². The molecule has 32 heavy (non-hydrogen) atoms. The van der Waals surface area contributed by atoms with Gasteiger partial charge in [0.1, 0.15) is 5.82 Å². The first-order chi connectivity index (χ1) is 15.5. The van der Waals surface area contributed by atoms with Crippen LogP contribution in [0.1, 0.15) is 45.6 Å². The molecule has 1 atom stereocenters. The molecule has 0 radical (unpaired) electrons. The fourth-order valence-corrected chi connectivity index (χ4v) is 4.56. The molecule has 1 heterocycles. The van der Waals surface area contributed by atoms with Crippen LogP contribution in [0, 0.1) is 5.82 Å². The van der Waals surface area contributed by atoms with Crippen molar-refractivity contribution in [3.8, 4) is 11.5 Å². The van der Waals surface area contributed by atoms with E-state index in [4.69, 9.17) is 21.1 Å². The van der Waals surface area contributed by atoms with Crippen molar-refractivity contribution in [2.75, 3.05) is 20.8 Å². The van der Waals surface area contributed by atoms with Gasteiger partial charge in [-0.1, -0.05) is 36.7 Å². The van der Waals surface area contributed by atoms with Gasteiger partial charge in [-0.15, -0.1) is 0 Å². The number of hydrogen-bond donors (Lipinski definition) is 0. The largest absolute Gasteiger partial charge is 0.493 e. The number of hydrogen-bond acceptors (Lipinski definition) is 3. The number of amides is 1. The van der Waals surface area contributed by atoms with Gasteiger partial charge in [0.25, 0.3) is 5.91 Å². The molecule has 0 saturated heterocycles. The molecule has 1 aliphatic heterocycles. The summed E-state index contributed by atoms with van der Waals surface area (Å²) in [6.07, 6.45) is 1.50. The Labute approximate surface area is 192 Å². The second-order valence-electron chi connectivity index (χ2n) is 7.74. The highest BCUT2D eigenvalue weighted by Gasteiger charge is 2.36. The van der Waals surface area contributed by atoms with Crippen molar-refractivity contribution in [2.24, 2.45) is 0 Å². The first-order valence-electron chi connectivity index (χ1n) is 10.6. The summed E-state index contributed by atoms with van der Waals surface area (Å²) in [6.45, 7) is 2.49. The molecule has 0 aromatic heterocycles. The van der Waals surface area contributed by atoms with E-state index < -0.39 is 11.9 Å². The highest BCUT2D eigenvalue weighted by molar-refractivity contribution is 6.31. The minimum atomic E-state index is -0.689. The molecule has 4 nitrogen and oxygen atoms in total. The van der Waals surface area contributed by atoms with Gasteiger partial charge in [-0.05, 0) is 65.9 Å². The molecule has 1 amide bonds.